The van der Waals surface area contributed by atoms with Crippen LogP contribution in [0.4, 0.5) is 0 Å². The van der Waals surface area contributed by atoms with Crippen molar-refractivity contribution in [2.45, 2.75) is 50.7 Å². The molecule has 1 saturated carbocycles. The first-order valence-corrected chi connectivity index (χ1v) is 8.14. The van der Waals surface area contributed by atoms with Crippen LogP contribution in [0, 0.1) is 0 Å². The number of nitrogens with one attached hydrogen (secondary N) is 1. The summed E-state index contributed by atoms with van der Waals surface area (Å²) in [5, 5.41) is 13.1. The van der Waals surface area contributed by atoms with Gasteiger partial charge in [0.15, 0.2) is 0 Å². The molecule has 0 radical (unpaired) electrons. The fourth-order valence-corrected chi connectivity index (χ4v) is 2.82. The maximum Gasteiger partial charge on any atom is 0.147 e. The molecule has 1 rings (SSSR count). The molecule has 0 aromatic heterocycles. The van der Waals surface area contributed by atoms with Gasteiger partial charge >= 0.3 is 0 Å². The van der Waals surface area contributed by atoms with Gasteiger partial charge < -0.3 is 10.4 Å². The van der Waals surface area contributed by atoms with Crippen molar-refractivity contribution in [3.63, 3.8) is 0 Å². The van der Waals surface area contributed by atoms with E-state index in [1.807, 2.05) is 0 Å². The van der Waals surface area contributed by atoms with E-state index in [0.29, 0.717) is 13.0 Å². The van der Waals surface area contributed by atoms with Gasteiger partial charge in [-0.25, -0.2) is 8.42 Å². The van der Waals surface area contributed by atoms with Crippen LogP contribution < -0.4 is 5.32 Å². The Morgan fingerprint density at radius 3 is 2.62 bits per heavy atom. The molecule has 0 bridgehead atoms. The molecular formula is C11H23NO3S. The molecular weight excluding hydrogens is 226 g/mol. The number of aliphatic hydroxyl groups is 1. The lowest BCUT2D eigenvalue weighted by Crippen LogP contribution is -2.39. The smallest absolute Gasteiger partial charge is 0.147 e. The molecule has 0 saturated heterocycles. The van der Waals surface area contributed by atoms with E-state index in [4.69, 9.17) is 0 Å². The summed E-state index contributed by atoms with van der Waals surface area (Å²) in [5.74, 6) is 0.225. The van der Waals surface area contributed by atoms with Crippen LogP contribution in [-0.2, 0) is 9.84 Å². The van der Waals surface area contributed by atoms with Crippen molar-refractivity contribution in [3.05, 3.63) is 0 Å². The minimum atomic E-state index is -2.85. The molecule has 16 heavy (non-hydrogen) atoms. The summed E-state index contributed by atoms with van der Waals surface area (Å²) in [5.41, 5.74) is 0. The third-order valence-corrected chi connectivity index (χ3v) is 4.11. The molecule has 0 aromatic carbocycles. The number of rotatable bonds is 5. The van der Waals surface area contributed by atoms with Crippen LogP contribution in [-0.4, -0.2) is 44.2 Å². The fourth-order valence-electron chi connectivity index (χ4n) is 2.15. The fraction of sp³-hybridized carbons (Fsp3) is 1.00. The molecule has 1 aliphatic rings. The number of hydrogen-bond donors (Lipinski definition) is 2. The first-order chi connectivity index (χ1) is 7.49. The zero-order chi connectivity index (χ0) is 12.0. The molecule has 2 N–H and O–H groups in total. The predicted octanol–water partition coefficient (Wildman–Crippen LogP) is 0.704. The number of hydrogen-bond acceptors (Lipinski definition) is 4. The van der Waals surface area contributed by atoms with E-state index in [2.05, 4.69) is 5.32 Å². The molecule has 5 heteroatoms. The van der Waals surface area contributed by atoms with Crippen molar-refractivity contribution < 1.29 is 13.5 Å². The van der Waals surface area contributed by atoms with E-state index in [-0.39, 0.29) is 17.9 Å². The van der Waals surface area contributed by atoms with E-state index < -0.39 is 9.84 Å². The number of sulfone groups is 1. The summed E-state index contributed by atoms with van der Waals surface area (Å²) in [6.45, 7) is 0.675. The Hall–Kier alpha value is -0.130. The molecule has 0 heterocycles. The largest absolute Gasteiger partial charge is 0.392 e. The third kappa shape index (κ3) is 5.82. The summed E-state index contributed by atoms with van der Waals surface area (Å²) in [7, 11) is -2.85. The Morgan fingerprint density at radius 1 is 1.25 bits per heavy atom. The molecule has 0 aromatic rings. The topological polar surface area (TPSA) is 66.4 Å². The van der Waals surface area contributed by atoms with E-state index >= 15 is 0 Å². The van der Waals surface area contributed by atoms with Gasteiger partial charge in [0.05, 0.1) is 11.9 Å². The zero-order valence-corrected chi connectivity index (χ0v) is 10.8. The molecule has 4 nitrogen and oxygen atoms in total. The minimum Gasteiger partial charge on any atom is -0.392 e. The molecule has 2 atom stereocenters. The quantitative estimate of drug-likeness (QED) is 0.556. The van der Waals surface area contributed by atoms with Crippen molar-refractivity contribution in [1.29, 1.82) is 0 Å². The second-order valence-electron chi connectivity index (χ2n) is 4.75. The SMILES string of the molecule is CS(=O)(=O)CCCNC1CCCCCC1O. The van der Waals surface area contributed by atoms with Crippen molar-refractivity contribution in [1.82, 2.24) is 5.32 Å². The molecule has 1 fully saturated rings. The molecule has 0 amide bonds. The highest BCUT2D eigenvalue weighted by atomic mass is 32.2. The Morgan fingerprint density at radius 2 is 1.94 bits per heavy atom. The lowest BCUT2D eigenvalue weighted by molar-refractivity contribution is 0.120. The summed E-state index contributed by atoms with van der Waals surface area (Å²) in [6.07, 6.45) is 6.93. The third-order valence-electron chi connectivity index (χ3n) is 3.08. The maximum absolute atomic E-state index is 10.9. The Bertz CT molecular complexity index is 290. The Labute approximate surface area is 98.4 Å². The van der Waals surface area contributed by atoms with Crippen molar-refractivity contribution in [3.8, 4) is 0 Å². The predicted molar refractivity (Wildman–Crippen MR) is 65.2 cm³/mol. The highest BCUT2D eigenvalue weighted by molar-refractivity contribution is 7.90. The van der Waals surface area contributed by atoms with Gasteiger partial charge in [-0.05, 0) is 25.8 Å². The van der Waals surface area contributed by atoms with Crippen LogP contribution in [0.1, 0.15) is 38.5 Å². The summed E-state index contributed by atoms with van der Waals surface area (Å²) in [4.78, 5) is 0. The lowest BCUT2D eigenvalue weighted by Gasteiger charge is -2.21. The monoisotopic (exact) mass is 249 g/mol. The second kappa shape index (κ2) is 6.57. The first-order valence-electron chi connectivity index (χ1n) is 6.08. The van der Waals surface area contributed by atoms with Gasteiger partial charge in [-0.15, -0.1) is 0 Å². The van der Waals surface area contributed by atoms with Crippen molar-refractivity contribution in [2.75, 3.05) is 18.6 Å². The zero-order valence-electron chi connectivity index (χ0n) is 9.98. The van der Waals surface area contributed by atoms with Gasteiger partial charge in [0.2, 0.25) is 0 Å². The van der Waals surface area contributed by atoms with Gasteiger partial charge in [-0.1, -0.05) is 19.3 Å². The molecule has 1 aliphatic carbocycles. The van der Waals surface area contributed by atoms with Gasteiger partial charge in [0.1, 0.15) is 9.84 Å². The van der Waals surface area contributed by atoms with E-state index in [1.54, 1.807) is 0 Å². The molecule has 2 unspecified atom stereocenters. The van der Waals surface area contributed by atoms with Gasteiger partial charge in [0, 0.05) is 12.3 Å². The summed E-state index contributed by atoms with van der Waals surface area (Å²) >= 11 is 0. The summed E-state index contributed by atoms with van der Waals surface area (Å²) < 4.78 is 21.8. The van der Waals surface area contributed by atoms with Crippen molar-refractivity contribution >= 4 is 9.84 Å². The average molecular weight is 249 g/mol. The number of aliphatic hydroxyl groups excluding tert-OH is 1. The van der Waals surface area contributed by atoms with Gasteiger partial charge in [0.25, 0.3) is 0 Å². The molecule has 96 valence electrons. The maximum atomic E-state index is 10.9. The van der Waals surface area contributed by atoms with Gasteiger partial charge in [-0.3, -0.25) is 0 Å². The highest BCUT2D eigenvalue weighted by Crippen LogP contribution is 2.17. The van der Waals surface area contributed by atoms with Crippen LogP contribution in [0.3, 0.4) is 0 Å². The van der Waals surface area contributed by atoms with E-state index in [0.717, 1.165) is 25.7 Å². The second-order valence-corrected chi connectivity index (χ2v) is 7.01. The molecule has 0 aliphatic heterocycles. The van der Waals surface area contributed by atoms with E-state index in [1.165, 1.54) is 12.7 Å². The average Bonchev–Trinajstić information content (AvgIpc) is 2.37. The normalized spacial score (nSPS) is 27.6. The Balaban J connectivity index is 2.20. The van der Waals surface area contributed by atoms with Crippen LogP contribution in [0.15, 0.2) is 0 Å². The van der Waals surface area contributed by atoms with Gasteiger partial charge in [-0.2, -0.15) is 0 Å². The minimum absolute atomic E-state index is 0.155. The van der Waals surface area contributed by atoms with Crippen LogP contribution in [0.5, 0.6) is 0 Å². The van der Waals surface area contributed by atoms with Crippen LogP contribution in [0.25, 0.3) is 0 Å². The Kier molecular flexibility index (Phi) is 5.72. The van der Waals surface area contributed by atoms with E-state index in [9.17, 15) is 13.5 Å². The highest BCUT2D eigenvalue weighted by Gasteiger charge is 2.20. The summed E-state index contributed by atoms with van der Waals surface area (Å²) in [6, 6.07) is 0.155. The lowest BCUT2D eigenvalue weighted by atomic mass is 10.1. The molecule has 0 spiro atoms. The first kappa shape index (κ1) is 13.9. The van der Waals surface area contributed by atoms with Crippen LogP contribution >= 0.6 is 0 Å². The van der Waals surface area contributed by atoms with Crippen molar-refractivity contribution in [2.24, 2.45) is 0 Å². The van der Waals surface area contributed by atoms with Crippen LogP contribution in [0.2, 0.25) is 0 Å². The standard InChI is InChI=1S/C11H23NO3S/c1-16(14,15)9-5-8-12-10-6-3-2-4-7-11(10)13/h10-13H,2-9H2,1H3.